The Morgan fingerprint density at radius 3 is 0.988 bits per heavy atom. The van der Waals surface area contributed by atoms with E-state index in [2.05, 4.69) is 86.8 Å². The monoisotopic (exact) mass is 1230 g/mol. The van der Waals surface area contributed by atoms with Crippen molar-refractivity contribution in [1.29, 1.82) is 0 Å². The lowest BCUT2D eigenvalue weighted by atomic mass is 10.0. The molecule has 9 nitrogen and oxygen atoms in total. The van der Waals surface area contributed by atoms with E-state index in [1.807, 2.05) is 21.1 Å². The zero-order valence-corrected chi connectivity index (χ0v) is 58.2. The largest absolute Gasteiger partial charge is 0.756 e. The molecular weight excluding hydrogens is 1090 g/mol. The zero-order chi connectivity index (χ0) is 62.6. The van der Waals surface area contributed by atoms with Crippen molar-refractivity contribution in [3.8, 4) is 0 Å². The molecule has 502 valence electrons. The van der Waals surface area contributed by atoms with Crippen LogP contribution >= 0.6 is 7.82 Å². The second-order valence-electron chi connectivity index (χ2n) is 25.9. The molecule has 86 heavy (non-hydrogen) atoms. The molecule has 0 fully saturated rings. The number of phosphoric ester groups is 1. The van der Waals surface area contributed by atoms with Crippen molar-refractivity contribution in [3.05, 3.63) is 72.9 Å². The number of carbonyl (C=O) groups is 2. The molecule has 0 rings (SSSR count). The predicted octanol–water partition coefficient (Wildman–Crippen LogP) is 23.3. The minimum Gasteiger partial charge on any atom is -0.756 e. The van der Waals surface area contributed by atoms with Crippen molar-refractivity contribution >= 4 is 19.8 Å². The first-order chi connectivity index (χ1) is 42.0. The lowest BCUT2D eigenvalue weighted by Crippen LogP contribution is -2.37. The number of esters is 2. The van der Waals surface area contributed by atoms with Gasteiger partial charge in [0, 0.05) is 12.8 Å². The summed E-state index contributed by atoms with van der Waals surface area (Å²) in [6.07, 6.45) is 90.0. The third kappa shape index (κ3) is 70.5. The van der Waals surface area contributed by atoms with Gasteiger partial charge in [-0.1, -0.05) is 344 Å². The number of unbranched alkanes of at least 4 members (excludes halogenated alkanes) is 42. The molecule has 10 heteroatoms. The quantitative estimate of drug-likeness (QED) is 0.0195. The molecule has 0 aliphatic carbocycles. The van der Waals surface area contributed by atoms with E-state index in [0.717, 1.165) is 77.0 Å². The summed E-state index contributed by atoms with van der Waals surface area (Å²) in [5.41, 5.74) is 0. The summed E-state index contributed by atoms with van der Waals surface area (Å²) in [6.45, 7) is 4.19. The van der Waals surface area contributed by atoms with Gasteiger partial charge in [-0.05, 0) is 64.2 Å². The molecule has 0 aliphatic heterocycles. The number of quaternary nitrogens is 1. The fourth-order valence-corrected chi connectivity index (χ4v) is 11.4. The van der Waals surface area contributed by atoms with Crippen LogP contribution in [0.5, 0.6) is 0 Å². The van der Waals surface area contributed by atoms with E-state index in [0.29, 0.717) is 17.4 Å². The van der Waals surface area contributed by atoms with Crippen molar-refractivity contribution < 1.29 is 42.1 Å². The van der Waals surface area contributed by atoms with E-state index < -0.39 is 26.5 Å². The summed E-state index contributed by atoms with van der Waals surface area (Å²) in [4.78, 5) is 38.1. The summed E-state index contributed by atoms with van der Waals surface area (Å²) >= 11 is 0. The van der Waals surface area contributed by atoms with Crippen LogP contribution in [0, 0.1) is 0 Å². The molecule has 0 aliphatic rings. The lowest BCUT2D eigenvalue weighted by Gasteiger charge is -2.28. The molecule has 0 heterocycles. The van der Waals surface area contributed by atoms with Gasteiger partial charge in [-0.3, -0.25) is 14.2 Å². The van der Waals surface area contributed by atoms with Gasteiger partial charge in [-0.2, -0.15) is 0 Å². The Labute approximate surface area is 533 Å². The van der Waals surface area contributed by atoms with Gasteiger partial charge >= 0.3 is 11.9 Å². The average Bonchev–Trinajstić information content (AvgIpc) is 3.56. The van der Waals surface area contributed by atoms with Crippen molar-refractivity contribution in [2.45, 2.75) is 354 Å². The van der Waals surface area contributed by atoms with Gasteiger partial charge in [0.15, 0.2) is 6.10 Å². The molecule has 0 saturated heterocycles. The Balaban J connectivity index is 3.99. The topological polar surface area (TPSA) is 111 Å². The maximum atomic E-state index is 12.9. The summed E-state index contributed by atoms with van der Waals surface area (Å²) in [7, 11) is 1.18. The highest BCUT2D eigenvalue weighted by atomic mass is 31.2. The van der Waals surface area contributed by atoms with E-state index in [4.69, 9.17) is 18.5 Å². The highest BCUT2D eigenvalue weighted by Gasteiger charge is 2.22. The molecule has 0 radical (unpaired) electrons. The Hall–Kier alpha value is -2.55. The normalized spacial score (nSPS) is 13.5. The van der Waals surface area contributed by atoms with Crippen molar-refractivity contribution in [1.82, 2.24) is 0 Å². The van der Waals surface area contributed by atoms with E-state index in [1.54, 1.807) is 0 Å². The Morgan fingerprint density at radius 1 is 0.372 bits per heavy atom. The van der Waals surface area contributed by atoms with Crippen LogP contribution in [0.15, 0.2) is 72.9 Å². The summed E-state index contributed by atoms with van der Waals surface area (Å²) < 4.78 is 34.4. The van der Waals surface area contributed by atoms with Crippen molar-refractivity contribution in [2.24, 2.45) is 0 Å². The second kappa shape index (κ2) is 66.9. The molecule has 0 aromatic heterocycles. The molecule has 0 saturated carbocycles. The number of allylic oxidation sites excluding steroid dienone is 12. The highest BCUT2D eigenvalue weighted by Crippen LogP contribution is 2.38. The summed E-state index contributed by atoms with van der Waals surface area (Å²) in [5, 5.41) is 0. The van der Waals surface area contributed by atoms with Crippen molar-refractivity contribution in [3.63, 3.8) is 0 Å². The fraction of sp³-hybridized carbons (Fsp3) is 0.816. The molecule has 0 N–H and O–H groups in total. The molecule has 0 spiro atoms. The molecule has 2 unspecified atom stereocenters. The van der Waals surface area contributed by atoms with E-state index in [9.17, 15) is 19.0 Å². The maximum Gasteiger partial charge on any atom is 0.306 e. The first-order valence-corrected chi connectivity index (χ1v) is 38.1. The van der Waals surface area contributed by atoms with E-state index in [-0.39, 0.29) is 32.0 Å². The third-order valence-corrected chi connectivity index (χ3v) is 17.2. The molecule has 0 amide bonds. The summed E-state index contributed by atoms with van der Waals surface area (Å²) in [5.74, 6) is -0.816. The number of hydrogen-bond donors (Lipinski definition) is 0. The first kappa shape index (κ1) is 83.5. The average molecular weight is 1230 g/mol. The minimum absolute atomic E-state index is 0.0299. The number of nitrogens with zero attached hydrogens (tertiary/aromatic N) is 1. The maximum absolute atomic E-state index is 12.9. The standard InChI is InChI=1S/C76H140NO8P/c1-6-8-10-12-14-16-18-20-22-24-26-28-30-32-34-35-36-37-38-39-40-41-43-45-47-49-51-53-55-57-59-61-63-65-67-69-76(79)85-74(73-84-86(80,81)83-71-70-77(3,4)5)72-82-75(78)68-66-64-62-60-58-56-54-52-50-48-46-44-42-33-31-29-27-25-23-21-19-17-15-13-11-9-7-2/h8,10,14,16,20,22,26,28,32,34,36-37,74H,6-7,9,11-13,15,17-19,21,23-25,27,29-31,33,35,38-73H2,1-5H3/b10-8-,16-14-,22-20-,28-26-,34-32-,37-36-. The fourth-order valence-electron chi connectivity index (χ4n) is 10.7. The van der Waals surface area contributed by atoms with Crippen LogP contribution in [-0.4, -0.2) is 70.0 Å². The molecule has 0 aromatic rings. The number of phosphoric acid groups is 1. The number of carbonyl (C=O) groups excluding carboxylic acids is 2. The van der Waals surface area contributed by atoms with Gasteiger partial charge in [0.05, 0.1) is 27.7 Å². The van der Waals surface area contributed by atoms with Crippen LogP contribution in [0.4, 0.5) is 0 Å². The smallest absolute Gasteiger partial charge is 0.306 e. The second-order valence-corrected chi connectivity index (χ2v) is 27.3. The van der Waals surface area contributed by atoms with Gasteiger partial charge in [-0.25, -0.2) is 0 Å². The van der Waals surface area contributed by atoms with Crippen LogP contribution in [-0.2, 0) is 32.7 Å². The number of hydrogen-bond acceptors (Lipinski definition) is 8. The van der Waals surface area contributed by atoms with Crippen LogP contribution in [0.3, 0.4) is 0 Å². The van der Waals surface area contributed by atoms with Crippen LogP contribution in [0.25, 0.3) is 0 Å². The molecule has 2 atom stereocenters. The number of likely N-dealkylation sites (N-methyl/N-ethyl adjacent to an activating group) is 1. The van der Waals surface area contributed by atoms with Gasteiger partial charge in [0.1, 0.15) is 19.8 Å². The number of ether oxygens (including phenoxy) is 2. The van der Waals surface area contributed by atoms with Gasteiger partial charge in [0.2, 0.25) is 0 Å². The van der Waals surface area contributed by atoms with Gasteiger partial charge in [-0.15, -0.1) is 0 Å². The Morgan fingerprint density at radius 2 is 0.663 bits per heavy atom. The third-order valence-electron chi connectivity index (χ3n) is 16.2. The Kier molecular flexibility index (Phi) is 64.9. The SMILES string of the molecule is CC/C=C\C/C=C\C/C=C\C/C=C\C/C=C\C/C=C\CCCCCCCCCCCCCCCCCCC(=O)OC(COC(=O)CCCCCCCCCCCCCCCCCCCCCCCCCCCCC)COP(=O)([O-])OCC[N+](C)(C)C. The van der Waals surface area contributed by atoms with Crippen LogP contribution in [0.1, 0.15) is 348 Å². The van der Waals surface area contributed by atoms with Gasteiger partial charge < -0.3 is 27.9 Å². The minimum atomic E-state index is -4.64. The number of rotatable bonds is 68. The molecule has 0 bridgehead atoms. The van der Waals surface area contributed by atoms with Crippen LogP contribution in [0.2, 0.25) is 0 Å². The molecular formula is C76H140NO8P. The van der Waals surface area contributed by atoms with E-state index in [1.165, 1.54) is 238 Å². The first-order valence-electron chi connectivity index (χ1n) is 36.6. The lowest BCUT2D eigenvalue weighted by molar-refractivity contribution is -0.870. The predicted molar refractivity (Wildman–Crippen MR) is 370 cm³/mol. The Bertz CT molecular complexity index is 1680. The van der Waals surface area contributed by atoms with E-state index >= 15 is 0 Å². The van der Waals surface area contributed by atoms with Crippen LogP contribution < -0.4 is 4.89 Å². The molecule has 0 aromatic carbocycles. The highest BCUT2D eigenvalue weighted by molar-refractivity contribution is 7.45. The van der Waals surface area contributed by atoms with Gasteiger partial charge in [0.25, 0.3) is 7.82 Å². The van der Waals surface area contributed by atoms with Crippen molar-refractivity contribution in [2.75, 3.05) is 47.5 Å². The zero-order valence-electron chi connectivity index (χ0n) is 57.3. The summed E-state index contributed by atoms with van der Waals surface area (Å²) in [6, 6.07) is 0.